The number of ether oxygens (including phenoxy) is 1. The highest BCUT2D eigenvalue weighted by Gasteiger charge is 2.35. The number of benzene rings is 2. The summed E-state index contributed by atoms with van der Waals surface area (Å²) in [7, 11) is 0. The van der Waals surface area contributed by atoms with E-state index in [1.54, 1.807) is 6.92 Å². The van der Waals surface area contributed by atoms with Gasteiger partial charge in [-0.25, -0.2) is 9.59 Å². The van der Waals surface area contributed by atoms with Gasteiger partial charge in [0, 0.05) is 12.5 Å². The van der Waals surface area contributed by atoms with E-state index >= 15 is 0 Å². The van der Waals surface area contributed by atoms with Crippen molar-refractivity contribution < 1.29 is 24.2 Å². The first kappa shape index (κ1) is 20.9. The van der Waals surface area contributed by atoms with Gasteiger partial charge in [0.25, 0.3) is 0 Å². The number of carbonyl (C=O) groups excluding carboxylic acids is 2. The molecule has 2 amide bonds. The number of fused-ring (bicyclic) bond motifs is 3. The molecule has 0 radical (unpaired) electrons. The average Bonchev–Trinajstić information content (AvgIpc) is 3.11. The van der Waals surface area contributed by atoms with Gasteiger partial charge in [0.1, 0.15) is 18.7 Å². The number of likely N-dealkylation sites (tertiary alicyclic amines) is 1. The van der Waals surface area contributed by atoms with Crippen molar-refractivity contribution in [1.29, 1.82) is 0 Å². The first-order chi connectivity index (χ1) is 15.0. The van der Waals surface area contributed by atoms with E-state index in [0.29, 0.717) is 13.0 Å². The third-order valence-electron chi connectivity index (χ3n) is 6.12. The summed E-state index contributed by atoms with van der Waals surface area (Å²) < 4.78 is 5.49. The largest absolute Gasteiger partial charge is 0.480 e. The molecule has 1 saturated heterocycles. The van der Waals surface area contributed by atoms with Gasteiger partial charge in [0.2, 0.25) is 5.91 Å². The minimum Gasteiger partial charge on any atom is -0.480 e. The van der Waals surface area contributed by atoms with Gasteiger partial charge in [-0.05, 0) is 48.4 Å². The summed E-state index contributed by atoms with van der Waals surface area (Å²) in [5, 5.41) is 11.9. The van der Waals surface area contributed by atoms with E-state index in [1.807, 2.05) is 36.4 Å². The van der Waals surface area contributed by atoms with Gasteiger partial charge in [-0.2, -0.15) is 0 Å². The summed E-state index contributed by atoms with van der Waals surface area (Å²) in [4.78, 5) is 38.0. The highest BCUT2D eigenvalue weighted by molar-refractivity contribution is 5.89. The van der Waals surface area contributed by atoms with Crippen molar-refractivity contribution in [3.63, 3.8) is 0 Å². The number of carboxylic acids is 1. The summed E-state index contributed by atoms with van der Waals surface area (Å²) in [5.74, 6) is -1.48. The molecule has 0 unspecified atom stereocenters. The molecule has 2 N–H and O–H groups in total. The lowest BCUT2D eigenvalue weighted by molar-refractivity contribution is -0.152. The highest BCUT2D eigenvalue weighted by atomic mass is 16.5. The molecular formula is C24H26N2O5. The molecule has 162 valence electrons. The molecule has 0 spiro atoms. The molecule has 1 aliphatic carbocycles. The van der Waals surface area contributed by atoms with Crippen molar-refractivity contribution in [1.82, 2.24) is 10.2 Å². The topological polar surface area (TPSA) is 95.9 Å². The molecule has 2 aromatic rings. The molecule has 31 heavy (non-hydrogen) atoms. The smallest absolute Gasteiger partial charge is 0.407 e. The Labute approximate surface area is 181 Å². The predicted octanol–water partition coefficient (Wildman–Crippen LogP) is 3.38. The third kappa shape index (κ3) is 4.13. The van der Waals surface area contributed by atoms with E-state index in [1.165, 1.54) is 4.90 Å². The van der Waals surface area contributed by atoms with Crippen LogP contribution >= 0.6 is 0 Å². The fraction of sp³-hybridized carbons (Fsp3) is 0.375. The molecule has 1 aliphatic heterocycles. The highest BCUT2D eigenvalue weighted by Crippen LogP contribution is 2.44. The van der Waals surface area contributed by atoms with Gasteiger partial charge < -0.3 is 20.1 Å². The van der Waals surface area contributed by atoms with Gasteiger partial charge in [0.05, 0.1) is 0 Å². The molecule has 2 aliphatic rings. The molecule has 0 aromatic heterocycles. The number of nitrogens with zero attached hydrogens (tertiary/aromatic N) is 1. The van der Waals surface area contributed by atoms with Crippen molar-refractivity contribution in [2.75, 3.05) is 13.2 Å². The van der Waals surface area contributed by atoms with E-state index in [-0.39, 0.29) is 12.5 Å². The van der Waals surface area contributed by atoms with Gasteiger partial charge >= 0.3 is 12.1 Å². The number of aliphatic carboxylic acids is 1. The minimum absolute atomic E-state index is 0.0670. The Hall–Kier alpha value is -3.35. The van der Waals surface area contributed by atoms with E-state index in [0.717, 1.165) is 35.1 Å². The Morgan fingerprint density at radius 1 is 1.06 bits per heavy atom. The molecule has 0 saturated carbocycles. The second kappa shape index (κ2) is 8.79. The molecule has 0 bridgehead atoms. The van der Waals surface area contributed by atoms with Crippen LogP contribution in [0.5, 0.6) is 0 Å². The maximum Gasteiger partial charge on any atom is 0.407 e. The predicted molar refractivity (Wildman–Crippen MR) is 115 cm³/mol. The Morgan fingerprint density at radius 3 is 2.29 bits per heavy atom. The number of carboxylic acid groups (broad SMARTS) is 1. The molecule has 1 heterocycles. The van der Waals surface area contributed by atoms with Crippen LogP contribution in [-0.2, 0) is 14.3 Å². The molecule has 2 aromatic carbocycles. The number of nitrogens with one attached hydrogen (secondary N) is 1. The van der Waals surface area contributed by atoms with Crippen LogP contribution < -0.4 is 5.32 Å². The van der Waals surface area contributed by atoms with Crippen molar-refractivity contribution >= 4 is 18.0 Å². The van der Waals surface area contributed by atoms with E-state index in [4.69, 9.17) is 4.74 Å². The number of hydrogen-bond acceptors (Lipinski definition) is 4. The number of hydrogen-bond donors (Lipinski definition) is 2. The Balaban J connectivity index is 1.38. The summed E-state index contributed by atoms with van der Waals surface area (Å²) in [6, 6.07) is 14.4. The van der Waals surface area contributed by atoms with E-state index in [2.05, 4.69) is 17.4 Å². The summed E-state index contributed by atoms with van der Waals surface area (Å²) in [6.07, 6.45) is 1.27. The van der Waals surface area contributed by atoms with E-state index in [9.17, 15) is 19.5 Å². The first-order valence-electron chi connectivity index (χ1n) is 10.6. The Kier molecular flexibility index (Phi) is 5.93. The summed E-state index contributed by atoms with van der Waals surface area (Å²) >= 11 is 0. The zero-order valence-electron chi connectivity index (χ0n) is 17.4. The van der Waals surface area contributed by atoms with Crippen LogP contribution in [0.1, 0.15) is 43.2 Å². The molecule has 4 rings (SSSR count). The Morgan fingerprint density at radius 2 is 1.68 bits per heavy atom. The standard InChI is InChI=1S/C24H26N2O5/c1-15(22(27)26-13-7-6-12-21(26)23(28)29)25-24(30)31-14-20-18-10-4-2-8-16(18)17-9-3-5-11-19(17)20/h2-5,8-11,15,20-21H,6-7,12-14H2,1H3,(H,25,30)(H,28,29)/t15-,21-/m1/s1. The lowest BCUT2D eigenvalue weighted by Gasteiger charge is -2.34. The summed E-state index contributed by atoms with van der Waals surface area (Å²) in [5.41, 5.74) is 4.50. The van der Waals surface area contributed by atoms with Crippen LogP contribution in [0.15, 0.2) is 48.5 Å². The molecule has 2 atom stereocenters. The fourth-order valence-electron chi connectivity index (χ4n) is 4.58. The quantitative estimate of drug-likeness (QED) is 0.770. The second-order valence-electron chi connectivity index (χ2n) is 8.07. The van der Waals surface area contributed by atoms with Crippen LogP contribution in [-0.4, -0.2) is 53.2 Å². The molecule has 1 fully saturated rings. The van der Waals surface area contributed by atoms with Crippen molar-refractivity contribution in [3.05, 3.63) is 59.7 Å². The maximum absolute atomic E-state index is 12.7. The molecular weight excluding hydrogens is 396 g/mol. The summed E-state index contributed by atoms with van der Waals surface area (Å²) in [6.45, 7) is 2.09. The number of carbonyl (C=O) groups is 3. The fourth-order valence-corrected chi connectivity index (χ4v) is 4.58. The number of rotatable bonds is 5. The monoisotopic (exact) mass is 422 g/mol. The van der Waals surface area contributed by atoms with E-state index < -0.39 is 30.1 Å². The average molecular weight is 422 g/mol. The zero-order valence-corrected chi connectivity index (χ0v) is 17.4. The van der Waals surface area contributed by atoms with Crippen molar-refractivity contribution in [2.24, 2.45) is 0 Å². The maximum atomic E-state index is 12.7. The molecule has 7 nitrogen and oxygen atoms in total. The first-order valence-corrected chi connectivity index (χ1v) is 10.6. The number of amides is 2. The van der Waals surface area contributed by atoms with Gasteiger partial charge in [-0.3, -0.25) is 4.79 Å². The number of piperidine rings is 1. The minimum atomic E-state index is -1.01. The van der Waals surface area contributed by atoms with Crippen LogP contribution in [0.4, 0.5) is 4.79 Å². The van der Waals surface area contributed by atoms with Crippen LogP contribution in [0.3, 0.4) is 0 Å². The van der Waals surface area contributed by atoms with Crippen LogP contribution in [0.2, 0.25) is 0 Å². The normalized spacial score (nSPS) is 18.6. The second-order valence-corrected chi connectivity index (χ2v) is 8.07. The lowest BCUT2D eigenvalue weighted by Crippen LogP contribution is -2.54. The van der Waals surface area contributed by atoms with Gasteiger partial charge in [0.15, 0.2) is 0 Å². The zero-order chi connectivity index (χ0) is 22.0. The SMILES string of the molecule is C[C@@H](NC(=O)OCC1c2ccccc2-c2ccccc21)C(=O)N1CCCC[C@@H]1C(=O)O. The van der Waals surface area contributed by atoms with Crippen molar-refractivity contribution in [2.45, 2.75) is 44.2 Å². The third-order valence-corrected chi connectivity index (χ3v) is 6.12. The van der Waals surface area contributed by atoms with Crippen molar-refractivity contribution in [3.8, 4) is 11.1 Å². The molecule has 7 heteroatoms. The van der Waals surface area contributed by atoms with Crippen LogP contribution in [0.25, 0.3) is 11.1 Å². The van der Waals surface area contributed by atoms with Gasteiger partial charge in [-0.1, -0.05) is 48.5 Å². The number of alkyl carbamates (subject to hydrolysis) is 1. The Bertz CT molecular complexity index is 959. The lowest BCUT2D eigenvalue weighted by atomic mass is 9.98. The van der Waals surface area contributed by atoms with Gasteiger partial charge in [-0.15, -0.1) is 0 Å². The van der Waals surface area contributed by atoms with Crippen LogP contribution in [0, 0.1) is 0 Å².